The van der Waals surface area contributed by atoms with Gasteiger partial charge >= 0.3 is 0 Å². The first-order valence-electron chi connectivity index (χ1n) is 7.29. The van der Waals surface area contributed by atoms with Crippen molar-refractivity contribution in [1.82, 2.24) is 9.55 Å². The number of aromatic nitrogens is 2. The molecule has 3 rings (SSSR count). The fourth-order valence-corrected chi connectivity index (χ4v) is 4.17. The van der Waals surface area contributed by atoms with Gasteiger partial charge in [0.05, 0.1) is 22.7 Å². The number of nitriles is 1. The van der Waals surface area contributed by atoms with E-state index >= 15 is 0 Å². The van der Waals surface area contributed by atoms with Crippen LogP contribution in [0.15, 0.2) is 18.2 Å². The largest absolute Gasteiger partial charge is 0.328 e. The standard InChI is InChI=1S/C16H19N3S/c1-2-19-15-4-3-13(11-17)9-14(15)18-16(19)10-12-5-7-20-8-6-12/h3-4,9,12H,2,5-8,10H2,1H3. The van der Waals surface area contributed by atoms with E-state index in [0.29, 0.717) is 5.56 Å². The van der Waals surface area contributed by atoms with Gasteiger partial charge in [0.25, 0.3) is 0 Å². The first kappa shape index (κ1) is 13.5. The van der Waals surface area contributed by atoms with Crippen LogP contribution >= 0.6 is 11.8 Å². The zero-order valence-electron chi connectivity index (χ0n) is 11.8. The second kappa shape index (κ2) is 5.88. The molecule has 1 aliphatic heterocycles. The number of fused-ring (bicyclic) bond motifs is 1. The van der Waals surface area contributed by atoms with Crippen molar-refractivity contribution in [3.8, 4) is 6.07 Å². The first-order valence-corrected chi connectivity index (χ1v) is 8.44. The van der Waals surface area contributed by atoms with Gasteiger partial charge in [0, 0.05) is 13.0 Å². The number of rotatable bonds is 3. The van der Waals surface area contributed by atoms with Crippen LogP contribution in [0.4, 0.5) is 0 Å². The van der Waals surface area contributed by atoms with Gasteiger partial charge < -0.3 is 4.57 Å². The number of hydrogen-bond donors (Lipinski definition) is 0. The van der Waals surface area contributed by atoms with E-state index in [1.165, 1.54) is 30.2 Å². The van der Waals surface area contributed by atoms with Crippen LogP contribution in [0.5, 0.6) is 0 Å². The van der Waals surface area contributed by atoms with Gasteiger partial charge in [0.1, 0.15) is 5.82 Å². The van der Waals surface area contributed by atoms with Gasteiger partial charge in [-0.2, -0.15) is 17.0 Å². The lowest BCUT2D eigenvalue weighted by Gasteiger charge is -2.21. The average Bonchev–Trinajstić information content (AvgIpc) is 2.84. The zero-order chi connectivity index (χ0) is 13.9. The predicted molar refractivity (Wildman–Crippen MR) is 83.9 cm³/mol. The van der Waals surface area contributed by atoms with E-state index in [-0.39, 0.29) is 0 Å². The molecule has 0 bridgehead atoms. The van der Waals surface area contributed by atoms with E-state index in [4.69, 9.17) is 10.2 Å². The summed E-state index contributed by atoms with van der Waals surface area (Å²) in [5, 5.41) is 9.00. The third-order valence-electron chi connectivity index (χ3n) is 4.08. The maximum atomic E-state index is 9.00. The Hall–Kier alpha value is -1.47. The molecule has 0 atom stereocenters. The molecule has 3 nitrogen and oxygen atoms in total. The van der Waals surface area contributed by atoms with Gasteiger partial charge in [-0.15, -0.1) is 0 Å². The number of thioether (sulfide) groups is 1. The number of hydrogen-bond acceptors (Lipinski definition) is 3. The highest BCUT2D eigenvalue weighted by atomic mass is 32.2. The molecule has 2 aromatic rings. The van der Waals surface area contributed by atoms with E-state index in [0.717, 1.165) is 29.9 Å². The minimum absolute atomic E-state index is 0.693. The molecule has 1 aromatic heterocycles. The molecule has 0 amide bonds. The van der Waals surface area contributed by atoms with Crippen molar-refractivity contribution in [3.05, 3.63) is 29.6 Å². The van der Waals surface area contributed by atoms with Gasteiger partial charge in [-0.25, -0.2) is 4.98 Å². The van der Waals surface area contributed by atoms with Crippen LogP contribution in [0.25, 0.3) is 11.0 Å². The Bertz CT molecular complexity index is 648. The van der Waals surface area contributed by atoms with Crippen LogP contribution in [-0.2, 0) is 13.0 Å². The van der Waals surface area contributed by atoms with Gasteiger partial charge in [-0.05, 0) is 55.4 Å². The zero-order valence-corrected chi connectivity index (χ0v) is 12.6. The van der Waals surface area contributed by atoms with Crippen LogP contribution in [-0.4, -0.2) is 21.1 Å². The van der Waals surface area contributed by atoms with E-state index in [2.05, 4.69) is 29.3 Å². The predicted octanol–water partition coefficient (Wildman–Crippen LogP) is 3.61. The Kier molecular flexibility index (Phi) is 3.98. The molecule has 2 heterocycles. The molecule has 0 N–H and O–H groups in total. The second-order valence-corrected chi connectivity index (χ2v) is 6.57. The molecule has 1 fully saturated rings. The first-order chi connectivity index (χ1) is 9.81. The van der Waals surface area contributed by atoms with E-state index in [9.17, 15) is 0 Å². The lowest BCUT2D eigenvalue weighted by Crippen LogP contribution is -2.15. The normalized spacial score (nSPS) is 16.4. The second-order valence-electron chi connectivity index (χ2n) is 5.35. The summed E-state index contributed by atoms with van der Waals surface area (Å²) in [5.74, 6) is 4.54. The summed E-state index contributed by atoms with van der Waals surface area (Å²) in [6, 6.07) is 8.02. The summed E-state index contributed by atoms with van der Waals surface area (Å²) in [6.45, 7) is 3.11. The van der Waals surface area contributed by atoms with Crippen molar-refractivity contribution in [1.29, 1.82) is 5.26 Å². The molecule has 1 saturated heterocycles. The Morgan fingerprint density at radius 1 is 1.40 bits per heavy atom. The highest BCUT2D eigenvalue weighted by molar-refractivity contribution is 7.99. The van der Waals surface area contributed by atoms with Crippen molar-refractivity contribution >= 4 is 22.8 Å². The van der Waals surface area contributed by atoms with E-state index < -0.39 is 0 Å². The van der Waals surface area contributed by atoms with Crippen LogP contribution in [0, 0.1) is 17.2 Å². The number of aryl methyl sites for hydroxylation is 1. The fourth-order valence-electron chi connectivity index (χ4n) is 2.97. The molecule has 104 valence electrons. The molecule has 0 spiro atoms. The maximum absolute atomic E-state index is 9.00. The lowest BCUT2D eigenvalue weighted by atomic mass is 9.98. The van der Waals surface area contributed by atoms with Gasteiger partial charge in [-0.1, -0.05) is 0 Å². The average molecular weight is 285 g/mol. The Balaban J connectivity index is 1.95. The van der Waals surface area contributed by atoms with Gasteiger partial charge in [0.2, 0.25) is 0 Å². The quantitative estimate of drug-likeness (QED) is 0.865. The summed E-state index contributed by atoms with van der Waals surface area (Å²) in [4.78, 5) is 4.79. The van der Waals surface area contributed by atoms with Crippen molar-refractivity contribution < 1.29 is 0 Å². The summed E-state index contributed by atoms with van der Waals surface area (Å²) in [6.07, 6.45) is 3.69. The minimum atomic E-state index is 0.693. The topological polar surface area (TPSA) is 41.6 Å². The third-order valence-corrected chi connectivity index (χ3v) is 5.13. The van der Waals surface area contributed by atoms with Crippen LogP contribution in [0.2, 0.25) is 0 Å². The maximum Gasteiger partial charge on any atom is 0.110 e. The molecule has 4 heteroatoms. The molecule has 0 saturated carbocycles. The highest BCUT2D eigenvalue weighted by Crippen LogP contribution is 2.27. The number of benzene rings is 1. The summed E-state index contributed by atoms with van der Waals surface area (Å²) in [5.41, 5.74) is 2.82. The SMILES string of the molecule is CCn1c(CC2CCSCC2)nc2cc(C#N)ccc21. The molecular formula is C16H19N3S. The summed E-state index contributed by atoms with van der Waals surface area (Å²) >= 11 is 2.07. The lowest BCUT2D eigenvalue weighted by molar-refractivity contribution is 0.467. The van der Waals surface area contributed by atoms with E-state index in [1.54, 1.807) is 0 Å². The smallest absolute Gasteiger partial charge is 0.110 e. The Morgan fingerprint density at radius 3 is 2.90 bits per heavy atom. The summed E-state index contributed by atoms with van der Waals surface area (Å²) in [7, 11) is 0. The van der Waals surface area contributed by atoms with Crippen LogP contribution in [0.1, 0.15) is 31.2 Å². The molecule has 1 aliphatic rings. The monoisotopic (exact) mass is 285 g/mol. The molecule has 1 aromatic carbocycles. The van der Waals surface area contributed by atoms with Crippen molar-refractivity contribution in [2.75, 3.05) is 11.5 Å². The highest BCUT2D eigenvalue weighted by Gasteiger charge is 2.18. The Labute approximate surface area is 124 Å². The van der Waals surface area contributed by atoms with Crippen molar-refractivity contribution in [2.45, 2.75) is 32.7 Å². The van der Waals surface area contributed by atoms with Crippen molar-refractivity contribution in [3.63, 3.8) is 0 Å². The third kappa shape index (κ3) is 2.55. The molecule has 0 aliphatic carbocycles. The van der Waals surface area contributed by atoms with Crippen LogP contribution < -0.4 is 0 Å². The molecule has 20 heavy (non-hydrogen) atoms. The number of imidazole rings is 1. The molecule has 0 radical (unpaired) electrons. The fraction of sp³-hybridized carbons (Fsp3) is 0.500. The summed E-state index contributed by atoms with van der Waals surface area (Å²) < 4.78 is 2.30. The van der Waals surface area contributed by atoms with Gasteiger partial charge in [-0.3, -0.25) is 0 Å². The van der Waals surface area contributed by atoms with Crippen molar-refractivity contribution in [2.24, 2.45) is 5.92 Å². The van der Waals surface area contributed by atoms with E-state index in [1.807, 2.05) is 18.2 Å². The Morgan fingerprint density at radius 2 is 2.20 bits per heavy atom. The molecule has 0 unspecified atom stereocenters. The molecular weight excluding hydrogens is 266 g/mol. The minimum Gasteiger partial charge on any atom is -0.328 e. The van der Waals surface area contributed by atoms with Crippen LogP contribution in [0.3, 0.4) is 0 Å². The van der Waals surface area contributed by atoms with Gasteiger partial charge in [0.15, 0.2) is 0 Å². The number of nitrogens with zero attached hydrogens (tertiary/aromatic N) is 3.